The maximum atomic E-state index is 5.55. The summed E-state index contributed by atoms with van der Waals surface area (Å²) in [6, 6.07) is 8.99. The van der Waals surface area contributed by atoms with Crippen molar-refractivity contribution < 1.29 is 0 Å². The first kappa shape index (κ1) is 9.69. The first-order valence-corrected chi connectivity index (χ1v) is 5.86. The van der Waals surface area contributed by atoms with E-state index in [4.69, 9.17) is 5.73 Å². The Balaban J connectivity index is 2.43. The lowest BCUT2D eigenvalue weighted by Crippen LogP contribution is -2.00. The van der Waals surface area contributed by atoms with Crippen molar-refractivity contribution in [3.63, 3.8) is 0 Å². The highest BCUT2D eigenvalue weighted by atomic mass is 32.1. The van der Waals surface area contributed by atoms with E-state index in [-0.39, 0.29) is 0 Å². The van der Waals surface area contributed by atoms with E-state index in [0.29, 0.717) is 0 Å². The van der Waals surface area contributed by atoms with E-state index >= 15 is 0 Å². The van der Waals surface area contributed by atoms with Crippen molar-refractivity contribution in [1.82, 2.24) is 0 Å². The minimum absolute atomic E-state index is 0.744. The first-order valence-electron chi connectivity index (χ1n) is 5.05. The highest BCUT2D eigenvalue weighted by molar-refractivity contribution is 7.19. The SMILES string of the molecule is CCc1ccc2sc(CCN)cc2c1. The molecule has 2 heteroatoms. The van der Waals surface area contributed by atoms with Crippen LogP contribution in [-0.4, -0.2) is 6.54 Å². The summed E-state index contributed by atoms with van der Waals surface area (Å²) in [7, 11) is 0. The second-order valence-corrected chi connectivity index (χ2v) is 4.65. The van der Waals surface area contributed by atoms with Crippen LogP contribution in [0.4, 0.5) is 0 Å². The molecule has 0 aliphatic rings. The molecule has 0 spiro atoms. The predicted molar refractivity (Wildman–Crippen MR) is 64.0 cm³/mol. The number of hydrogen-bond donors (Lipinski definition) is 1. The molecule has 0 aliphatic carbocycles. The molecule has 2 rings (SSSR count). The fourth-order valence-electron chi connectivity index (χ4n) is 1.63. The lowest BCUT2D eigenvalue weighted by molar-refractivity contribution is 0.989. The maximum absolute atomic E-state index is 5.55. The zero-order valence-corrected chi connectivity index (χ0v) is 9.23. The molecule has 0 saturated heterocycles. The van der Waals surface area contributed by atoms with Gasteiger partial charge in [-0.3, -0.25) is 0 Å². The van der Waals surface area contributed by atoms with E-state index in [0.717, 1.165) is 19.4 Å². The van der Waals surface area contributed by atoms with Gasteiger partial charge < -0.3 is 5.73 Å². The van der Waals surface area contributed by atoms with Crippen molar-refractivity contribution in [2.75, 3.05) is 6.54 Å². The van der Waals surface area contributed by atoms with E-state index < -0.39 is 0 Å². The molecule has 0 radical (unpaired) electrons. The normalized spacial score (nSPS) is 11.0. The third-order valence-corrected chi connectivity index (χ3v) is 3.61. The summed E-state index contributed by atoms with van der Waals surface area (Å²) in [5.74, 6) is 0. The van der Waals surface area contributed by atoms with Crippen molar-refractivity contribution in [3.05, 3.63) is 34.7 Å². The van der Waals surface area contributed by atoms with Gasteiger partial charge in [0.25, 0.3) is 0 Å². The van der Waals surface area contributed by atoms with Gasteiger partial charge in [-0.05, 0) is 42.5 Å². The lowest BCUT2D eigenvalue weighted by Gasteiger charge is -1.94. The minimum Gasteiger partial charge on any atom is -0.330 e. The molecule has 2 N–H and O–H groups in total. The maximum Gasteiger partial charge on any atom is 0.0345 e. The van der Waals surface area contributed by atoms with Gasteiger partial charge in [0.1, 0.15) is 0 Å². The van der Waals surface area contributed by atoms with E-state index in [1.165, 1.54) is 20.5 Å². The summed E-state index contributed by atoms with van der Waals surface area (Å²) in [5, 5.41) is 1.37. The number of rotatable bonds is 3. The number of benzene rings is 1. The third kappa shape index (κ3) is 1.81. The van der Waals surface area contributed by atoms with Gasteiger partial charge in [-0.1, -0.05) is 19.1 Å². The van der Waals surface area contributed by atoms with Crippen LogP contribution in [0.3, 0.4) is 0 Å². The monoisotopic (exact) mass is 205 g/mol. The minimum atomic E-state index is 0.744. The van der Waals surface area contributed by atoms with Gasteiger partial charge in [-0.25, -0.2) is 0 Å². The molecule has 1 aromatic heterocycles. The van der Waals surface area contributed by atoms with E-state index in [9.17, 15) is 0 Å². The van der Waals surface area contributed by atoms with Crippen LogP contribution in [-0.2, 0) is 12.8 Å². The molecule has 0 amide bonds. The van der Waals surface area contributed by atoms with Crippen LogP contribution >= 0.6 is 11.3 Å². The summed E-state index contributed by atoms with van der Waals surface area (Å²) in [6.07, 6.45) is 2.11. The molecule has 0 bridgehead atoms. The smallest absolute Gasteiger partial charge is 0.0345 e. The Hall–Kier alpha value is -0.860. The van der Waals surface area contributed by atoms with Crippen LogP contribution in [0, 0.1) is 0 Å². The van der Waals surface area contributed by atoms with Gasteiger partial charge in [0.2, 0.25) is 0 Å². The Bertz CT molecular complexity index is 431. The Morgan fingerprint density at radius 3 is 2.86 bits per heavy atom. The Labute approximate surface area is 88.6 Å². The number of nitrogens with two attached hydrogens (primary N) is 1. The van der Waals surface area contributed by atoms with Crippen molar-refractivity contribution >= 4 is 21.4 Å². The molecule has 1 nitrogen and oxygen atoms in total. The Morgan fingerprint density at radius 1 is 1.29 bits per heavy atom. The molecule has 0 saturated carbocycles. The van der Waals surface area contributed by atoms with Crippen LogP contribution in [0.25, 0.3) is 10.1 Å². The standard InChI is InChI=1S/C12H15NS/c1-2-9-3-4-12-10(7-9)8-11(14-12)5-6-13/h3-4,7-8H,2,5-6,13H2,1H3. The molecule has 0 fully saturated rings. The average Bonchev–Trinajstić information content (AvgIpc) is 2.59. The summed E-state index contributed by atoms with van der Waals surface area (Å²) in [6.45, 7) is 2.93. The summed E-state index contributed by atoms with van der Waals surface area (Å²) >= 11 is 1.86. The number of hydrogen-bond acceptors (Lipinski definition) is 2. The highest BCUT2D eigenvalue weighted by Gasteiger charge is 2.01. The van der Waals surface area contributed by atoms with Crippen molar-refractivity contribution in [2.45, 2.75) is 19.8 Å². The lowest BCUT2D eigenvalue weighted by atomic mass is 10.1. The zero-order chi connectivity index (χ0) is 9.97. The van der Waals surface area contributed by atoms with Crippen LogP contribution in [0.5, 0.6) is 0 Å². The number of fused-ring (bicyclic) bond motifs is 1. The van der Waals surface area contributed by atoms with E-state index in [2.05, 4.69) is 31.2 Å². The van der Waals surface area contributed by atoms with Gasteiger partial charge in [0, 0.05) is 9.58 Å². The van der Waals surface area contributed by atoms with Crippen molar-refractivity contribution in [3.8, 4) is 0 Å². The summed E-state index contributed by atoms with van der Waals surface area (Å²) in [5.41, 5.74) is 6.96. The summed E-state index contributed by atoms with van der Waals surface area (Å²) in [4.78, 5) is 1.40. The largest absolute Gasteiger partial charge is 0.330 e. The molecule has 1 heterocycles. The van der Waals surface area contributed by atoms with Gasteiger partial charge in [0.15, 0.2) is 0 Å². The quantitative estimate of drug-likeness (QED) is 0.819. The molecule has 0 unspecified atom stereocenters. The van der Waals surface area contributed by atoms with E-state index in [1.807, 2.05) is 11.3 Å². The molecule has 0 atom stereocenters. The first-order chi connectivity index (χ1) is 6.83. The highest BCUT2D eigenvalue weighted by Crippen LogP contribution is 2.26. The average molecular weight is 205 g/mol. The van der Waals surface area contributed by atoms with Crippen LogP contribution in [0.15, 0.2) is 24.3 Å². The van der Waals surface area contributed by atoms with Gasteiger partial charge >= 0.3 is 0 Å². The number of thiophene rings is 1. The zero-order valence-electron chi connectivity index (χ0n) is 8.42. The molecule has 1 aromatic carbocycles. The molecule has 14 heavy (non-hydrogen) atoms. The molecule has 74 valence electrons. The fourth-order valence-corrected chi connectivity index (χ4v) is 2.69. The predicted octanol–water partition coefficient (Wildman–Crippen LogP) is 2.96. The summed E-state index contributed by atoms with van der Waals surface area (Å²) < 4.78 is 1.38. The van der Waals surface area contributed by atoms with Crippen molar-refractivity contribution in [1.29, 1.82) is 0 Å². The van der Waals surface area contributed by atoms with Crippen LogP contribution < -0.4 is 5.73 Å². The Kier molecular flexibility index (Phi) is 2.85. The fraction of sp³-hybridized carbons (Fsp3) is 0.333. The third-order valence-electron chi connectivity index (χ3n) is 2.43. The van der Waals surface area contributed by atoms with E-state index in [1.54, 1.807) is 0 Å². The molecular weight excluding hydrogens is 190 g/mol. The molecular formula is C12H15NS. The van der Waals surface area contributed by atoms with Crippen LogP contribution in [0.2, 0.25) is 0 Å². The van der Waals surface area contributed by atoms with Gasteiger partial charge in [-0.2, -0.15) is 0 Å². The molecule has 2 aromatic rings. The molecule has 0 aliphatic heterocycles. The topological polar surface area (TPSA) is 26.0 Å². The van der Waals surface area contributed by atoms with Gasteiger partial charge in [-0.15, -0.1) is 11.3 Å². The number of aryl methyl sites for hydroxylation is 1. The van der Waals surface area contributed by atoms with Gasteiger partial charge in [0.05, 0.1) is 0 Å². The second kappa shape index (κ2) is 4.11. The Morgan fingerprint density at radius 2 is 2.14 bits per heavy atom. The van der Waals surface area contributed by atoms with Crippen molar-refractivity contribution in [2.24, 2.45) is 5.73 Å². The van der Waals surface area contributed by atoms with Crippen LogP contribution in [0.1, 0.15) is 17.4 Å². The second-order valence-electron chi connectivity index (χ2n) is 3.48.